The molecule has 1 aromatic carbocycles. The van der Waals surface area contributed by atoms with Gasteiger partial charge in [0, 0.05) is 37.9 Å². The minimum Gasteiger partial charge on any atom is -0.302 e. The Morgan fingerprint density at radius 2 is 1.87 bits per heavy atom. The third-order valence-electron chi connectivity index (χ3n) is 2.45. The molecule has 0 amide bonds. The first-order valence-corrected chi connectivity index (χ1v) is 5.18. The number of hydrogen-bond donors (Lipinski definition) is 0. The van der Waals surface area contributed by atoms with Gasteiger partial charge in [-0.3, -0.25) is 4.79 Å². The number of hydrogen-bond acceptors (Lipinski definition) is 2. The molecule has 80 valence electrons. The molecule has 0 atom stereocenters. The van der Waals surface area contributed by atoms with E-state index < -0.39 is 12.9 Å². The fourth-order valence-corrected chi connectivity index (χ4v) is 1.53. The van der Waals surface area contributed by atoms with Crippen LogP contribution in [0.3, 0.4) is 0 Å². The Balaban J connectivity index is 2.25. The van der Waals surface area contributed by atoms with Crippen LogP contribution < -0.4 is 0 Å². The van der Waals surface area contributed by atoms with Gasteiger partial charge in [-0.15, -0.1) is 0 Å². The Bertz CT molecular complexity index is 451. The molecule has 0 unspecified atom stereocenters. The summed E-state index contributed by atoms with van der Waals surface area (Å²) in [4.78, 5) is 12.6. The summed E-state index contributed by atoms with van der Waals surface area (Å²) in [6.07, 6.45) is -1.52. The van der Waals surface area contributed by atoms with Gasteiger partial charge in [0.2, 0.25) is 0 Å². The van der Waals surface area contributed by atoms with Gasteiger partial charge in [0.15, 0.2) is 0 Å². The Morgan fingerprint density at radius 1 is 1.20 bits per heavy atom. The largest absolute Gasteiger partial charge is 0.302 e. The summed E-state index contributed by atoms with van der Waals surface area (Å²) in [5.74, 6) is 0.118. The summed E-state index contributed by atoms with van der Waals surface area (Å²) in [5, 5.41) is 0. The van der Waals surface area contributed by atoms with Crippen LogP contribution in [0, 0.1) is 0 Å². The summed E-state index contributed by atoms with van der Waals surface area (Å²) >= 11 is 0. The van der Waals surface area contributed by atoms with E-state index in [0.717, 1.165) is 0 Å². The number of benzene rings is 1. The van der Waals surface area contributed by atoms with Crippen LogP contribution >= 0.6 is 0 Å². The maximum atomic E-state index is 11.2. The van der Waals surface area contributed by atoms with Crippen LogP contribution in [-0.4, -0.2) is 30.3 Å². The van der Waals surface area contributed by atoms with E-state index in [1.165, 1.54) is 4.90 Å². The molecule has 1 aliphatic heterocycles. The Morgan fingerprint density at radius 3 is 2.53 bits per heavy atom. The van der Waals surface area contributed by atoms with E-state index in [1.807, 2.05) is 0 Å². The summed E-state index contributed by atoms with van der Waals surface area (Å²) < 4.78 is 32.5. The number of aryl methyl sites for hydroxylation is 1. The van der Waals surface area contributed by atoms with Gasteiger partial charge in [-0.25, -0.2) is 0 Å². The maximum absolute atomic E-state index is 11.2. The van der Waals surface area contributed by atoms with Crippen LogP contribution in [0.15, 0.2) is 30.3 Å². The Kier molecular flexibility index (Phi) is 2.18. The fraction of sp³-hybridized carbons (Fsp3) is 0.462. The average Bonchev–Trinajstić information content (AvgIpc) is 2.40. The number of rotatable bonds is 3. The average molecular weight is 207 g/mol. The lowest BCUT2D eigenvalue weighted by Crippen LogP contribution is -2.35. The number of carbonyl (C=O) groups excluding carboxylic acids is 1. The summed E-state index contributed by atoms with van der Waals surface area (Å²) in [5.41, 5.74) is 0.317. The number of likely N-dealkylation sites (tertiary alicyclic amines) is 1. The smallest absolute Gasteiger partial charge is 0.135 e. The van der Waals surface area contributed by atoms with E-state index in [-0.39, 0.29) is 18.9 Å². The number of carbonyl (C=O) groups is 1. The number of Topliss-reactive ketones (excluding diaryl/α,β-unsaturated/α-hetero) is 1. The molecule has 0 aliphatic carbocycles. The molecule has 15 heavy (non-hydrogen) atoms. The van der Waals surface area contributed by atoms with Crippen molar-refractivity contribution >= 4 is 5.78 Å². The molecule has 1 fully saturated rings. The van der Waals surface area contributed by atoms with Crippen LogP contribution in [0.5, 0.6) is 0 Å². The third-order valence-corrected chi connectivity index (χ3v) is 2.45. The molecule has 0 radical (unpaired) electrons. The van der Waals surface area contributed by atoms with Crippen molar-refractivity contribution in [2.45, 2.75) is 19.2 Å². The lowest BCUT2D eigenvalue weighted by Gasteiger charge is -2.25. The molecule has 2 rings (SSSR count). The van der Waals surface area contributed by atoms with Crippen molar-refractivity contribution < 1.29 is 10.3 Å². The first-order chi connectivity index (χ1) is 8.85. The van der Waals surface area contributed by atoms with E-state index in [4.69, 9.17) is 5.48 Å². The second-order valence-electron chi connectivity index (χ2n) is 3.63. The predicted molar refractivity (Wildman–Crippen MR) is 60.8 cm³/mol. The van der Waals surface area contributed by atoms with Crippen LogP contribution in [0.1, 0.15) is 23.9 Å². The maximum Gasteiger partial charge on any atom is 0.135 e. The molecule has 1 aliphatic rings. The first-order valence-electron chi connectivity index (χ1n) is 7.18. The van der Waals surface area contributed by atoms with E-state index in [1.54, 1.807) is 30.3 Å². The molecule has 2 nitrogen and oxygen atoms in total. The Labute approximate surface area is 96.5 Å². The zero-order valence-electron chi connectivity index (χ0n) is 12.6. The quantitative estimate of drug-likeness (QED) is 0.754. The SMILES string of the molecule is [2H]C([2H])(c1ccccc1)C([2H])([2H])N1CCC(=O)CC1. The highest BCUT2D eigenvalue weighted by Crippen LogP contribution is 2.07. The summed E-state index contributed by atoms with van der Waals surface area (Å²) in [6, 6.07) is 8.35. The van der Waals surface area contributed by atoms with E-state index in [9.17, 15) is 4.79 Å². The van der Waals surface area contributed by atoms with Crippen molar-refractivity contribution in [3.63, 3.8) is 0 Å². The van der Waals surface area contributed by atoms with Crippen LogP contribution in [0.4, 0.5) is 0 Å². The van der Waals surface area contributed by atoms with Gasteiger partial charge >= 0.3 is 0 Å². The molecule has 0 saturated carbocycles. The van der Waals surface area contributed by atoms with E-state index in [2.05, 4.69) is 0 Å². The molecule has 0 bridgehead atoms. The third kappa shape index (κ3) is 3.17. The molecular formula is C13H17NO. The normalized spacial score (nSPS) is 23.9. The number of piperidine rings is 1. The minimum atomic E-state index is -2.13. The van der Waals surface area contributed by atoms with Crippen LogP contribution in [-0.2, 0) is 11.2 Å². The molecule has 0 spiro atoms. The lowest BCUT2D eigenvalue weighted by atomic mass is 10.1. The first kappa shape index (κ1) is 6.44. The molecule has 0 aromatic heterocycles. The molecule has 1 heterocycles. The van der Waals surface area contributed by atoms with Crippen molar-refractivity contribution in [2.75, 3.05) is 19.6 Å². The van der Waals surface area contributed by atoms with Crippen molar-refractivity contribution in [1.29, 1.82) is 0 Å². The number of nitrogens with zero attached hydrogens (tertiary/aromatic N) is 1. The molecule has 0 N–H and O–H groups in total. The second kappa shape index (κ2) is 5.08. The van der Waals surface area contributed by atoms with Gasteiger partial charge in [-0.1, -0.05) is 30.3 Å². The predicted octanol–water partition coefficient (Wildman–Crippen LogP) is 1.89. The number of ketones is 1. The minimum absolute atomic E-state index is 0.118. The monoisotopic (exact) mass is 207 g/mol. The van der Waals surface area contributed by atoms with Gasteiger partial charge in [0.1, 0.15) is 5.78 Å². The highest BCUT2D eigenvalue weighted by atomic mass is 16.1. The lowest BCUT2D eigenvalue weighted by molar-refractivity contribution is -0.121. The van der Waals surface area contributed by atoms with Crippen molar-refractivity contribution in [2.24, 2.45) is 0 Å². The standard InChI is InChI=1S/C13H17NO/c15-13-7-10-14(11-8-13)9-6-12-4-2-1-3-5-12/h1-5H,6-11H2/i6D2,9D2. The molecule has 1 saturated heterocycles. The summed E-state index contributed by atoms with van der Waals surface area (Å²) in [6.45, 7) is -1.58. The second-order valence-corrected chi connectivity index (χ2v) is 3.63. The van der Waals surface area contributed by atoms with Gasteiger partial charge in [0.25, 0.3) is 0 Å². The summed E-state index contributed by atoms with van der Waals surface area (Å²) in [7, 11) is 0. The fourth-order valence-electron chi connectivity index (χ4n) is 1.53. The van der Waals surface area contributed by atoms with Crippen LogP contribution in [0.25, 0.3) is 0 Å². The van der Waals surface area contributed by atoms with Gasteiger partial charge in [-0.05, 0) is 11.9 Å². The van der Waals surface area contributed by atoms with E-state index in [0.29, 0.717) is 18.4 Å². The van der Waals surface area contributed by atoms with Crippen molar-refractivity contribution in [3.05, 3.63) is 35.9 Å². The van der Waals surface area contributed by atoms with E-state index >= 15 is 0 Å². The molecule has 1 aromatic rings. The van der Waals surface area contributed by atoms with Crippen molar-refractivity contribution in [3.8, 4) is 0 Å². The van der Waals surface area contributed by atoms with Crippen molar-refractivity contribution in [1.82, 2.24) is 4.90 Å². The zero-order chi connectivity index (χ0) is 14.1. The van der Waals surface area contributed by atoms with Gasteiger partial charge in [0.05, 0.1) is 0 Å². The topological polar surface area (TPSA) is 20.3 Å². The Hall–Kier alpha value is -1.15. The van der Waals surface area contributed by atoms with Crippen LogP contribution in [0.2, 0.25) is 0 Å². The highest BCUT2D eigenvalue weighted by Gasteiger charge is 2.15. The molecule has 2 heteroatoms. The highest BCUT2D eigenvalue weighted by molar-refractivity contribution is 5.79. The molecular weight excluding hydrogens is 186 g/mol. The zero-order valence-corrected chi connectivity index (χ0v) is 8.57. The van der Waals surface area contributed by atoms with Gasteiger partial charge < -0.3 is 4.90 Å². The van der Waals surface area contributed by atoms with Gasteiger partial charge in [-0.2, -0.15) is 0 Å².